The Labute approximate surface area is 94.8 Å². The summed E-state index contributed by atoms with van der Waals surface area (Å²) in [5.41, 5.74) is 0. The van der Waals surface area contributed by atoms with Crippen LogP contribution in [0.3, 0.4) is 0 Å². The van der Waals surface area contributed by atoms with Crippen molar-refractivity contribution in [3.05, 3.63) is 24.2 Å². The number of amides is 1. The van der Waals surface area contributed by atoms with Crippen LogP contribution in [0.4, 0.5) is 0 Å². The number of carbonyl (C=O) groups excluding carboxylic acids is 1. The summed E-state index contributed by atoms with van der Waals surface area (Å²) in [6, 6.07) is 3.15. The van der Waals surface area contributed by atoms with E-state index < -0.39 is 0 Å². The fourth-order valence-corrected chi connectivity index (χ4v) is 1.30. The first-order chi connectivity index (χ1) is 7.63. The van der Waals surface area contributed by atoms with Crippen LogP contribution in [0.25, 0.3) is 0 Å². The Balaban J connectivity index is 2.29. The van der Waals surface area contributed by atoms with E-state index in [0.717, 1.165) is 5.76 Å². The maximum Gasteiger partial charge on any atom is 0.237 e. The third-order valence-corrected chi connectivity index (χ3v) is 2.22. The van der Waals surface area contributed by atoms with Gasteiger partial charge in [0.1, 0.15) is 5.76 Å². The van der Waals surface area contributed by atoms with E-state index in [4.69, 9.17) is 9.52 Å². The Hall–Kier alpha value is -1.33. The molecule has 0 fully saturated rings. The van der Waals surface area contributed by atoms with Crippen LogP contribution in [0.5, 0.6) is 0 Å². The molecule has 1 rings (SSSR count). The third-order valence-electron chi connectivity index (χ3n) is 2.22. The molecule has 0 aromatic carbocycles. The molecule has 2 unspecified atom stereocenters. The minimum absolute atomic E-state index is 0.00973. The van der Waals surface area contributed by atoms with Gasteiger partial charge in [-0.3, -0.25) is 4.79 Å². The van der Waals surface area contributed by atoms with Crippen molar-refractivity contribution in [1.82, 2.24) is 10.6 Å². The fraction of sp³-hybridized carbons (Fsp3) is 0.545. The van der Waals surface area contributed by atoms with Gasteiger partial charge in [0.05, 0.1) is 25.5 Å². The normalized spacial score (nSPS) is 14.4. The molecule has 16 heavy (non-hydrogen) atoms. The molecule has 1 aromatic heterocycles. The summed E-state index contributed by atoms with van der Waals surface area (Å²) in [7, 11) is 0. The van der Waals surface area contributed by atoms with Crippen molar-refractivity contribution in [2.24, 2.45) is 0 Å². The van der Waals surface area contributed by atoms with Gasteiger partial charge >= 0.3 is 0 Å². The van der Waals surface area contributed by atoms with E-state index in [2.05, 4.69) is 10.6 Å². The second kappa shape index (κ2) is 6.30. The van der Waals surface area contributed by atoms with Gasteiger partial charge in [0, 0.05) is 6.04 Å². The molecule has 5 nitrogen and oxygen atoms in total. The van der Waals surface area contributed by atoms with Crippen LogP contribution >= 0.6 is 0 Å². The predicted octanol–water partition coefficient (Wildman–Crippen LogP) is 0.255. The molecule has 0 saturated carbocycles. The number of aliphatic hydroxyl groups excluding tert-OH is 1. The van der Waals surface area contributed by atoms with Crippen molar-refractivity contribution < 1.29 is 14.3 Å². The Morgan fingerprint density at radius 3 is 2.88 bits per heavy atom. The molecular weight excluding hydrogens is 208 g/mol. The van der Waals surface area contributed by atoms with Crippen molar-refractivity contribution in [3.8, 4) is 0 Å². The molecule has 2 atom stereocenters. The van der Waals surface area contributed by atoms with Crippen LogP contribution in [-0.4, -0.2) is 29.7 Å². The molecule has 1 aromatic rings. The van der Waals surface area contributed by atoms with Crippen molar-refractivity contribution in [2.75, 3.05) is 6.61 Å². The van der Waals surface area contributed by atoms with Crippen molar-refractivity contribution in [3.63, 3.8) is 0 Å². The number of hydrogen-bond acceptors (Lipinski definition) is 4. The zero-order valence-electron chi connectivity index (χ0n) is 9.56. The quantitative estimate of drug-likeness (QED) is 0.650. The lowest BCUT2D eigenvalue weighted by Gasteiger charge is -2.17. The van der Waals surface area contributed by atoms with Gasteiger partial charge in [-0.1, -0.05) is 0 Å². The molecule has 0 radical (unpaired) electrons. The Bertz CT molecular complexity index is 311. The highest BCUT2D eigenvalue weighted by molar-refractivity contribution is 5.81. The van der Waals surface area contributed by atoms with Crippen LogP contribution in [-0.2, 0) is 11.3 Å². The maximum absolute atomic E-state index is 11.6. The van der Waals surface area contributed by atoms with E-state index in [1.165, 1.54) is 0 Å². The minimum atomic E-state index is -0.336. The number of hydrogen-bond donors (Lipinski definition) is 3. The highest BCUT2D eigenvalue weighted by Crippen LogP contribution is 1.98. The molecule has 0 spiro atoms. The highest BCUT2D eigenvalue weighted by Gasteiger charge is 2.14. The summed E-state index contributed by atoms with van der Waals surface area (Å²) < 4.78 is 5.09. The van der Waals surface area contributed by atoms with E-state index in [0.29, 0.717) is 6.54 Å². The third kappa shape index (κ3) is 4.04. The summed E-state index contributed by atoms with van der Waals surface area (Å²) in [4.78, 5) is 11.6. The van der Waals surface area contributed by atoms with Gasteiger partial charge in [-0.2, -0.15) is 0 Å². The lowest BCUT2D eigenvalue weighted by atomic mass is 10.2. The molecule has 0 aliphatic carbocycles. The molecule has 5 heteroatoms. The zero-order valence-corrected chi connectivity index (χ0v) is 9.56. The zero-order chi connectivity index (χ0) is 12.0. The summed E-state index contributed by atoms with van der Waals surface area (Å²) in [5.74, 6) is 0.604. The summed E-state index contributed by atoms with van der Waals surface area (Å²) in [6.45, 7) is 3.96. The van der Waals surface area contributed by atoms with Gasteiger partial charge in [-0.15, -0.1) is 0 Å². The number of aliphatic hydroxyl groups is 1. The monoisotopic (exact) mass is 226 g/mol. The van der Waals surface area contributed by atoms with Gasteiger partial charge in [0.25, 0.3) is 0 Å². The van der Waals surface area contributed by atoms with Crippen LogP contribution in [0.2, 0.25) is 0 Å². The fourth-order valence-electron chi connectivity index (χ4n) is 1.30. The standard InChI is InChI=1S/C11H18N2O3/c1-8(7-14)13-9(2)11(15)12-6-10-4-3-5-16-10/h3-5,8-9,13-14H,6-7H2,1-2H3,(H,12,15). The topological polar surface area (TPSA) is 74.5 Å². The highest BCUT2D eigenvalue weighted by atomic mass is 16.3. The molecule has 0 aliphatic heterocycles. The number of carbonyl (C=O) groups is 1. The van der Waals surface area contributed by atoms with Gasteiger partial charge in [0.2, 0.25) is 5.91 Å². The second-order valence-electron chi connectivity index (χ2n) is 3.77. The van der Waals surface area contributed by atoms with Crippen molar-refractivity contribution in [2.45, 2.75) is 32.5 Å². The Morgan fingerprint density at radius 2 is 2.31 bits per heavy atom. The minimum Gasteiger partial charge on any atom is -0.467 e. The van der Waals surface area contributed by atoms with Gasteiger partial charge in [-0.05, 0) is 26.0 Å². The van der Waals surface area contributed by atoms with Gasteiger partial charge < -0.3 is 20.2 Å². The van der Waals surface area contributed by atoms with Gasteiger partial charge in [0.15, 0.2) is 0 Å². The summed E-state index contributed by atoms with van der Waals surface area (Å²) in [5, 5.41) is 14.5. The molecule has 1 amide bonds. The molecule has 90 valence electrons. The summed E-state index contributed by atoms with van der Waals surface area (Å²) in [6.07, 6.45) is 1.57. The van der Waals surface area contributed by atoms with E-state index in [1.54, 1.807) is 25.3 Å². The molecule has 0 saturated heterocycles. The van der Waals surface area contributed by atoms with E-state index in [1.807, 2.05) is 6.92 Å². The first-order valence-corrected chi connectivity index (χ1v) is 5.30. The molecular formula is C11H18N2O3. The number of nitrogens with one attached hydrogen (secondary N) is 2. The van der Waals surface area contributed by atoms with Crippen LogP contribution in [0.1, 0.15) is 19.6 Å². The van der Waals surface area contributed by atoms with E-state index in [9.17, 15) is 4.79 Å². The largest absolute Gasteiger partial charge is 0.467 e. The maximum atomic E-state index is 11.6. The van der Waals surface area contributed by atoms with Crippen LogP contribution in [0, 0.1) is 0 Å². The van der Waals surface area contributed by atoms with Crippen LogP contribution < -0.4 is 10.6 Å². The molecule has 0 aliphatic rings. The number of rotatable bonds is 6. The van der Waals surface area contributed by atoms with Crippen molar-refractivity contribution in [1.29, 1.82) is 0 Å². The first-order valence-electron chi connectivity index (χ1n) is 5.30. The number of furan rings is 1. The van der Waals surface area contributed by atoms with Crippen LogP contribution in [0.15, 0.2) is 22.8 Å². The first kappa shape index (κ1) is 12.7. The predicted molar refractivity (Wildman–Crippen MR) is 59.7 cm³/mol. The lowest BCUT2D eigenvalue weighted by Crippen LogP contribution is -2.46. The molecule has 1 heterocycles. The van der Waals surface area contributed by atoms with E-state index in [-0.39, 0.29) is 24.6 Å². The average Bonchev–Trinajstić information content (AvgIpc) is 2.78. The van der Waals surface area contributed by atoms with Crippen molar-refractivity contribution >= 4 is 5.91 Å². The van der Waals surface area contributed by atoms with Gasteiger partial charge in [-0.25, -0.2) is 0 Å². The summed E-state index contributed by atoms with van der Waals surface area (Å²) >= 11 is 0. The Kier molecular flexibility index (Phi) is 5.01. The Morgan fingerprint density at radius 1 is 1.56 bits per heavy atom. The lowest BCUT2D eigenvalue weighted by molar-refractivity contribution is -0.123. The SMILES string of the molecule is CC(CO)NC(C)C(=O)NCc1ccco1. The smallest absolute Gasteiger partial charge is 0.237 e. The second-order valence-corrected chi connectivity index (χ2v) is 3.77. The van der Waals surface area contributed by atoms with E-state index >= 15 is 0 Å². The average molecular weight is 226 g/mol. The molecule has 3 N–H and O–H groups in total. The molecule has 0 bridgehead atoms.